The summed E-state index contributed by atoms with van der Waals surface area (Å²) in [4.78, 5) is 26.4. The molecule has 2 aromatic rings. The molecule has 2 rings (SSSR count). The lowest BCUT2D eigenvalue weighted by atomic mass is 10.1. The number of amides is 1. The molecule has 0 spiro atoms. The Hall–Kier alpha value is -2.42. The number of benzene rings is 1. The Kier molecular flexibility index (Phi) is 4.53. The maximum atomic E-state index is 12.0. The van der Waals surface area contributed by atoms with Gasteiger partial charge in [0.1, 0.15) is 0 Å². The molecule has 8 nitrogen and oxygen atoms in total. The molecule has 0 bridgehead atoms. The summed E-state index contributed by atoms with van der Waals surface area (Å²) >= 11 is 1.45. The summed E-state index contributed by atoms with van der Waals surface area (Å²) in [6, 6.07) is 4.17. The number of aromatic amines is 1. The van der Waals surface area contributed by atoms with Gasteiger partial charge in [0.05, 0.1) is 4.92 Å². The Morgan fingerprint density at radius 3 is 2.90 bits per heavy atom. The molecular formula is C12H13N5O3S. The molecule has 0 saturated carbocycles. The maximum absolute atomic E-state index is 12.0. The Bertz CT molecular complexity index is 685. The van der Waals surface area contributed by atoms with Gasteiger partial charge >= 0.3 is 0 Å². The van der Waals surface area contributed by atoms with Crippen molar-refractivity contribution in [3.63, 3.8) is 0 Å². The van der Waals surface area contributed by atoms with Crippen LogP contribution < -0.4 is 5.32 Å². The average Bonchev–Trinajstić information content (AvgIpc) is 2.86. The van der Waals surface area contributed by atoms with Crippen molar-refractivity contribution in [2.75, 3.05) is 11.1 Å². The summed E-state index contributed by atoms with van der Waals surface area (Å²) in [5.41, 5.74) is 0.722. The summed E-state index contributed by atoms with van der Waals surface area (Å²) in [5, 5.41) is 20.4. The molecular weight excluding hydrogens is 294 g/mol. The van der Waals surface area contributed by atoms with E-state index in [0.717, 1.165) is 5.75 Å². The van der Waals surface area contributed by atoms with Gasteiger partial charge in [0.25, 0.3) is 11.6 Å². The number of aryl methyl sites for hydroxylation is 1. The zero-order valence-electron chi connectivity index (χ0n) is 11.4. The van der Waals surface area contributed by atoms with E-state index in [2.05, 4.69) is 20.5 Å². The van der Waals surface area contributed by atoms with Crippen molar-refractivity contribution in [2.24, 2.45) is 0 Å². The van der Waals surface area contributed by atoms with Crippen molar-refractivity contribution in [1.29, 1.82) is 0 Å². The van der Waals surface area contributed by atoms with Crippen molar-refractivity contribution >= 4 is 29.3 Å². The summed E-state index contributed by atoms with van der Waals surface area (Å²) in [6.07, 6.45) is 0. The predicted octanol–water partition coefficient (Wildman–Crippen LogP) is 2.39. The molecule has 0 radical (unpaired) electrons. The number of nitro benzene ring substituents is 1. The maximum Gasteiger partial charge on any atom is 0.272 e. The number of hydrogen-bond acceptors (Lipinski definition) is 6. The molecule has 0 aliphatic heterocycles. The van der Waals surface area contributed by atoms with E-state index in [4.69, 9.17) is 0 Å². The van der Waals surface area contributed by atoms with E-state index < -0.39 is 10.8 Å². The predicted molar refractivity (Wildman–Crippen MR) is 78.6 cm³/mol. The summed E-state index contributed by atoms with van der Waals surface area (Å²) in [5.74, 6) is 0.663. The summed E-state index contributed by atoms with van der Waals surface area (Å²) in [6.45, 7) is 3.55. The van der Waals surface area contributed by atoms with Crippen molar-refractivity contribution in [1.82, 2.24) is 15.2 Å². The first-order chi connectivity index (χ1) is 10.0. The van der Waals surface area contributed by atoms with Gasteiger partial charge < -0.3 is 0 Å². The average molecular weight is 307 g/mol. The van der Waals surface area contributed by atoms with E-state index in [1.54, 1.807) is 6.92 Å². The number of rotatable bonds is 5. The number of nitrogens with one attached hydrogen (secondary N) is 2. The molecule has 21 heavy (non-hydrogen) atoms. The third-order valence-electron chi connectivity index (χ3n) is 2.63. The van der Waals surface area contributed by atoms with Crippen LogP contribution in [0.1, 0.15) is 22.8 Å². The Labute approximate surface area is 124 Å². The van der Waals surface area contributed by atoms with Crippen LogP contribution in [0.4, 0.5) is 11.6 Å². The van der Waals surface area contributed by atoms with Crippen LogP contribution in [-0.4, -0.2) is 31.8 Å². The minimum Gasteiger partial charge on any atom is -0.291 e. The molecule has 1 aromatic heterocycles. The summed E-state index contributed by atoms with van der Waals surface area (Å²) < 4.78 is 0. The highest BCUT2D eigenvalue weighted by Gasteiger charge is 2.15. The first-order valence-electron chi connectivity index (χ1n) is 6.13. The number of nitro groups is 1. The van der Waals surface area contributed by atoms with Gasteiger partial charge in [-0.1, -0.05) is 18.7 Å². The summed E-state index contributed by atoms with van der Waals surface area (Å²) in [7, 11) is 0. The van der Waals surface area contributed by atoms with E-state index in [1.807, 2.05) is 6.92 Å². The molecule has 1 amide bonds. The number of anilines is 1. The standard InChI is InChI=1S/C12H13N5O3S/c1-3-21-12-14-11(15-16-12)13-10(18)8-4-5-9(17(19)20)7(2)6-8/h4-6H,3H2,1-2H3,(H2,13,14,15,16,18). The molecule has 0 saturated heterocycles. The van der Waals surface area contributed by atoms with E-state index in [9.17, 15) is 14.9 Å². The number of hydrogen-bond donors (Lipinski definition) is 2. The number of carbonyl (C=O) groups is 1. The van der Waals surface area contributed by atoms with Crippen LogP contribution in [0.15, 0.2) is 23.4 Å². The number of nitrogens with zero attached hydrogens (tertiary/aromatic N) is 3. The van der Waals surface area contributed by atoms with Crippen LogP contribution in [0.3, 0.4) is 0 Å². The second-order valence-electron chi connectivity index (χ2n) is 4.11. The molecule has 0 atom stereocenters. The quantitative estimate of drug-likeness (QED) is 0.498. The lowest BCUT2D eigenvalue weighted by Crippen LogP contribution is -2.13. The number of thioether (sulfide) groups is 1. The highest BCUT2D eigenvalue weighted by atomic mass is 32.2. The van der Waals surface area contributed by atoms with Crippen LogP contribution in [0.25, 0.3) is 0 Å². The second-order valence-corrected chi connectivity index (χ2v) is 5.34. The topological polar surface area (TPSA) is 114 Å². The number of carbonyl (C=O) groups excluding carboxylic acids is 1. The van der Waals surface area contributed by atoms with Crippen molar-refractivity contribution in [3.8, 4) is 0 Å². The van der Waals surface area contributed by atoms with Crippen molar-refractivity contribution in [3.05, 3.63) is 39.4 Å². The second kappa shape index (κ2) is 6.35. The molecule has 2 N–H and O–H groups in total. The third kappa shape index (κ3) is 3.57. The highest BCUT2D eigenvalue weighted by Crippen LogP contribution is 2.19. The molecule has 0 unspecified atom stereocenters. The van der Waals surface area contributed by atoms with Gasteiger partial charge in [0.2, 0.25) is 11.1 Å². The first kappa shape index (κ1) is 15.0. The van der Waals surface area contributed by atoms with Gasteiger partial charge in [-0.25, -0.2) is 5.10 Å². The minimum atomic E-state index is -0.484. The number of aromatic nitrogens is 3. The molecule has 1 aromatic carbocycles. The Morgan fingerprint density at radius 2 is 2.29 bits per heavy atom. The normalized spacial score (nSPS) is 10.4. The monoisotopic (exact) mass is 307 g/mol. The van der Waals surface area contributed by atoms with Crippen LogP contribution in [0, 0.1) is 17.0 Å². The SMILES string of the molecule is CCSc1n[nH]c(NC(=O)c2ccc([N+](=O)[O-])c(C)c2)n1. The largest absolute Gasteiger partial charge is 0.291 e. The molecule has 0 fully saturated rings. The zero-order chi connectivity index (χ0) is 15.4. The van der Waals surface area contributed by atoms with Gasteiger partial charge in [-0.2, -0.15) is 4.98 Å². The molecule has 0 aliphatic carbocycles. The number of H-pyrrole nitrogens is 1. The highest BCUT2D eigenvalue weighted by molar-refractivity contribution is 7.99. The Morgan fingerprint density at radius 1 is 1.52 bits per heavy atom. The van der Waals surface area contributed by atoms with Gasteiger partial charge in [-0.05, 0) is 24.8 Å². The van der Waals surface area contributed by atoms with Crippen LogP contribution in [0.2, 0.25) is 0 Å². The lowest BCUT2D eigenvalue weighted by Gasteiger charge is -2.03. The fraction of sp³-hybridized carbons (Fsp3) is 0.250. The zero-order valence-corrected chi connectivity index (χ0v) is 12.2. The smallest absolute Gasteiger partial charge is 0.272 e. The van der Waals surface area contributed by atoms with Crippen molar-refractivity contribution in [2.45, 2.75) is 19.0 Å². The van der Waals surface area contributed by atoms with Crippen LogP contribution in [-0.2, 0) is 0 Å². The van der Waals surface area contributed by atoms with Crippen LogP contribution in [0.5, 0.6) is 0 Å². The molecule has 110 valence electrons. The van der Waals surface area contributed by atoms with Crippen LogP contribution >= 0.6 is 11.8 Å². The van der Waals surface area contributed by atoms with E-state index in [0.29, 0.717) is 16.3 Å². The van der Waals surface area contributed by atoms with E-state index in [-0.39, 0.29) is 11.6 Å². The van der Waals surface area contributed by atoms with Gasteiger partial charge in [0, 0.05) is 17.2 Å². The minimum absolute atomic E-state index is 0.0205. The Balaban J connectivity index is 2.12. The van der Waals surface area contributed by atoms with E-state index in [1.165, 1.54) is 30.0 Å². The van der Waals surface area contributed by atoms with Gasteiger partial charge in [0.15, 0.2) is 0 Å². The first-order valence-corrected chi connectivity index (χ1v) is 7.11. The fourth-order valence-electron chi connectivity index (χ4n) is 1.68. The van der Waals surface area contributed by atoms with Gasteiger partial charge in [-0.3, -0.25) is 20.2 Å². The molecule has 9 heteroatoms. The molecule has 1 heterocycles. The van der Waals surface area contributed by atoms with Crippen molar-refractivity contribution < 1.29 is 9.72 Å². The fourth-order valence-corrected chi connectivity index (χ4v) is 2.20. The third-order valence-corrected chi connectivity index (χ3v) is 3.36. The molecule has 0 aliphatic rings. The van der Waals surface area contributed by atoms with E-state index >= 15 is 0 Å². The van der Waals surface area contributed by atoms with Gasteiger partial charge in [-0.15, -0.1) is 5.10 Å². The lowest BCUT2D eigenvalue weighted by molar-refractivity contribution is -0.385.